The summed E-state index contributed by atoms with van der Waals surface area (Å²) >= 11 is 1.72. The van der Waals surface area contributed by atoms with Gasteiger partial charge in [-0.05, 0) is 34.2 Å². The van der Waals surface area contributed by atoms with Crippen molar-refractivity contribution in [2.24, 2.45) is 0 Å². The Balaban J connectivity index is 2.40. The molecule has 2 heterocycles. The molecule has 2 rings (SSSR count). The molecule has 4 nitrogen and oxygen atoms in total. The lowest BCUT2D eigenvalue weighted by atomic mass is 10.2. The number of aromatic nitrogens is 2. The van der Waals surface area contributed by atoms with E-state index >= 15 is 0 Å². The van der Waals surface area contributed by atoms with Crippen LogP contribution < -0.4 is 5.32 Å². The van der Waals surface area contributed by atoms with Crippen LogP contribution in [0, 0.1) is 20.8 Å². The highest BCUT2D eigenvalue weighted by atomic mass is 32.1. The first kappa shape index (κ1) is 13.2. The maximum absolute atomic E-state index is 5.21. The molecule has 98 valence electrons. The van der Waals surface area contributed by atoms with Crippen LogP contribution in [0.25, 0.3) is 10.6 Å². The summed E-state index contributed by atoms with van der Waals surface area (Å²) < 4.78 is 5.21. The molecule has 1 unspecified atom stereocenters. The van der Waals surface area contributed by atoms with E-state index in [1.54, 1.807) is 11.3 Å². The van der Waals surface area contributed by atoms with E-state index in [0.717, 1.165) is 34.3 Å². The molecule has 0 amide bonds. The van der Waals surface area contributed by atoms with Crippen molar-refractivity contribution in [1.82, 2.24) is 15.5 Å². The van der Waals surface area contributed by atoms with Gasteiger partial charge in [-0.15, -0.1) is 11.3 Å². The van der Waals surface area contributed by atoms with E-state index < -0.39 is 0 Å². The van der Waals surface area contributed by atoms with E-state index in [1.807, 2.05) is 13.8 Å². The van der Waals surface area contributed by atoms with Crippen LogP contribution in [0.5, 0.6) is 0 Å². The molecule has 0 aliphatic heterocycles. The molecule has 1 atom stereocenters. The Morgan fingerprint density at radius 2 is 2.00 bits per heavy atom. The number of nitrogens with zero attached hydrogens (tertiary/aromatic N) is 2. The van der Waals surface area contributed by atoms with E-state index in [1.165, 1.54) is 4.88 Å². The third-order valence-corrected chi connectivity index (χ3v) is 4.34. The van der Waals surface area contributed by atoms with Gasteiger partial charge in [0.25, 0.3) is 0 Å². The highest BCUT2D eigenvalue weighted by Gasteiger charge is 2.19. The maximum Gasteiger partial charge on any atom is 0.144 e. The maximum atomic E-state index is 5.21. The standard InChI is InChI=1S/C13H19N3OS/c1-6-14-8(3)12-9(4)15-13(18-12)11-7(2)16-17-10(11)5/h8,14H,6H2,1-5H3. The second-order valence-electron chi connectivity index (χ2n) is 4.45. The Hall–Kier alpha value is -1.20. The molecule has 0 aromatic carbocycles. The van der Waals surface area contributed by atoms with Crippen molar-refractivity contribution in [2.75, 3.05) is 6.54 Å². The lowest BCUT2D eigenvalue weighted by Crippen LogP contribution is -2.17. The molecule has 18 heavy (non-hydrogen) atoms. The van der Waals surface area contributed by atoms with E-state index in [2.05, 4.69) is 36.2 Å². The fourth-order valence-electron chi connectivity index (χ4n) is 2.10. The SMILES string of the molecule is CCNC(C)c1sc(-c2c(C)noc2C)nc1C. The van der Waals surface area contributed by atoms with Gasteiger partial charge in [-0.3, -0.25) is 0 Å². The molecule has 0 fully saturated rings. The fourth-order valence-corrected chi connectivity index (χ4v) is 3.34. The second-order valence-corrected chi connectivity index (χ2v) is 5.48. The molecule has 0 aliphatic rings. The summed E-state index contributed by atoms with van der Waals surface area (Å²) in [6.07, 6.45) is 0. The number of nitrogens with one attached hydrogen (secondary N) is 1. The van der Waals surface area contributed by atoms with E-state index in [4.69, 9.17) is 4.52 Å². The summed E-state index contributed by atoms with van der Waals surface area (Å²) in [5.74, 6) is 0.837. The summed E-state index contributed by atoms with van der Waals surface area (Å²) in [6.45, 7) is 11.2. The zero-order valence-corrected chi connectivity index (χ0v) is 12.3. The van der Waals surface area contributed by atoms with Gasteiger partial charge in [0.2, 0.25) is 0 Å². The van der Waals surface area contributed by atoms with Crippen molar-refractivity contribution in [2.45, 2.75) is 40.7 Å². The summed E-state index contributed by atoms with van der Waals surface area (Å²) in [4.78, 5) is 5.94. The van der Waals surface area contributed by atoms with Crippen LogP contribution in [0.15, 0.2) is 4.52 Å². The van der Waals surface area contributed by atoms with Gasteiger partial charge in [-0.25, -0.2) is 4.98 Å². The van der Waals surface area contributed by atoms with E-state index in [-0.39, 0.29) is 0 Å². The third kappa shape index (κ3) is 2.33. The monoisotopic (exact) mass is 265 g/mol. The van der Waals surface area contributed by atoms with Crippen molar-refractivity contribution in [3.05, 3.63) is 22.0 Å². The Bertz CT molecular complexity index is 525. The molecule has 0 saturated heterocycles. The Morgan fingerprint density at radius 1 is 1.28 bits per heavy atom. The molecule has 0 radical (unpaired) electrons. The number of rotatable bonds is 4. The zero-order chi connectivity index (χ0) is 13.3. The minimum atomic E-state index is 0.335. The number of hydrogen-bond donors (Lipinski definition) is 1. The molecule has 0 aliphatic carbocycles. The van der Waals surface area contributed by atoms with Crippen LogP contribution in [-0.2, 0) is 0 Å². The van der Waals surface area contributed by atoms with Gasteiger partial charge in [0.15, 0.2) is 0 Å². The van der Waals surface area contributed by atoms with Crippen LogP contribution in [-0.4, -0.2) is 16.7 Å². The minimum Gasteiger partial charge on any atom is -0.361 e. The van der Waals surface area contributed by atoms with Crippen molar-refractivity contribution in [3.63, 3.8) is 0 Å². The van der Waals surface area contributed by atoms with Crippen molar-refractivity contribution in [1.29, 1.82) is 0 Å². The van der Waals surface area contributed by atoms with Gasteiger partial charge >= 0.3 is 0 Å². The average Bonchev–Trinajstić information content (AvgIpc) is 2.83. The summed E-state index contributed by atoms with van der Waals surface area (Å²) in [5, 5.41) is 8.41. The predicted octanol–water partition coefficient (Wildman–Crippen LogP) is 3.39. The van der Waals surface area contributed by atoms with Gasteiger partial charge in [-0.1, -0.05) is 12.1 Å². The molecule has 0 bridgehead atoms. The van der Waals surface area contributed by atoms with E-state index in [0.29, 0.717) is 6.04 Å². The largest absolute Gasteiger partial charge is 0.361 e. The van der Waals surface area contributed by atoms with Crippen LogP contribution in [0.3, 0.4) is 0 Å². The normalized spacial score (nSPS) is 12.9. The highest BCUT2D eigenvalue weighted by Crippen LogP contribution is 2.34. The van der Waals surface area contributed by atoms with Gasteiger partial charge < -0.3 is 9.84 Å². The molecule has 1 N–H and O–H groups in total. The molecule has 0 spiro atoms. The van der Waals surface area contributed by atoms with Gasteiger partial charge in [0.1, 0.15) is 10.8 Å². The lowest BCUT2D eigenvalue weighted by Gasteiger charge is -2.09. The van der Waals surface area contributed by atoms with Crippen LogP contribution in [0.2, 0.25) is 0 Å². The lowest BCUT2D eigenvalue weighted by molar-refractivity contribution is 0.393. The summed E-state index contributed by atoms with van der Waals surface area (Å²) in [6, 6.07) is 0.335. The first-order valence-electron chi connectivity index (χ1n) is 6.18. The summed E-state index contributed by atoms with van der Waals surface area (Å²) in [5.41, 5.74) is 3.03. The van der Waals surface area contributed by atoms with Crippen molar-refractivity contribution < 1.29 is 4.52 Å². The average molecular weight is 265 g/mol. The number of aryl methyl sites for hydroxylation is 3. The zero-order valence-electron chi connectivity index (χ0n) is 11.5. The molecular weight excluding hydrogens is 246 g/mol. The van der Waals surface area contributed by atoms with Crippen LogP contribution >= 0.6 is 11.3 Å². The predicted molar refractivity (Wildman–Crippen MR) is 73.9 cm³/mol. The first-order chi connectivity index (χ1) is 8.54. The van der Waals surface area contributed by atoms with Crippen molar-refractivity contribution >= 4 is 11.3 Å². The third-order valence-electron chi connectivity index (χ3n) is 2.98. The van der Waals surface area contributed by atoms with Gasteiger partial charge in [0.05, 0.1) is 17.0 Å². The van der Waals surface area contributed by atoms with Crippen LogP contribution in [0.1, 0.15) is 41.9 Å². The Labute approximate surface area is 111 Å². The van der Waals surface area contributed by atoms with Crippen molar-refractivity contribution in [3.8, 4) is 10.6 Å². The highest BCUT2D eigenvalue weighted by molar-refractivity contribution is 7.15. The van der Waals surface area contributed by atoms with Crippen LogP contribution in [0.4, 0.5) is 0 Å². The molecule has 2 aromatic heterocycles. The fraction of sp³-hybridized carbons (Fsp3) is 0.538. The molecular formula is C13H19N3OS. The number of hydrogen-bond acceptors (Lipinski definition) is 5. The molecule has 5 heteroatoms. The Kier molecular flexibility index (Phi) is 3.82. The summed E-state index contributed by atoms with van der Waals surface area (Å²) in [7, 11) is 0. The second kappa shape index (κ2) is 5.20. The molecule has 2 aromatic rings. The van der Waals surface area contributed by atoms with E-state index in [9.17, 15) is 0 Å². The quantitative estimate of drug-likeness (QED) is 0.920. The van der Waals surface area contributed by atoms with Gasteiger partial charge in [-0.2, -0.15) is 0 Å². The van der Waals surface area contributed by atoms with Gasteiger partial charge in [0, 0.05) is 10.9 Å². The number of thiazole rings is 1. The molecule has 0 saturated carbocycles. The minimum absolute atomic E-state index is 0.335. The topological polar surface area (TPSA) is 51.0 Å². The Morgan fingerprint density at radius 3 is 2.56 bits per heavy atom. The first-order valence-corrected chi connectivity index (χ1v) is 7.00. The smallest absolute Gasteiger partial charge is 0.144 e.